The van der Waals surface area contributed by atoms with Crippen molar-refractivity contribution in [2.24, 2.45) is 0 Å². The minimum absolute atomic E-state index is 0.298. The Morgan fingerprint density at radius 3 is 2.82 bits per heavy atom. The van der Waals surface area contributed by atoms with Crippen molar-refractivity contribution >= 4 is 17.7 Å². The van der Waals surface area contributed by atoms with Gasteiger partial charge in [-0.05, 0) is 19.1 Å². The number of nitrogens with zero attached hydrogens (tertiary/aromatic N) is 2. The molecule has 1 aromatic rings. The fourth-order valence-corrected chi connectivity index (χ4v) is 2.26. The quantitative estimate of drug-likeness (QED) is 0.440. The molecule has 0 saturated heterocycles. The highest BCUT2D eigenvalue weighted by Crippen LogP contribution is 2.20. The average Bonchev–Trinajstić information content (AvgIpc) is 2.77. The molecule has 5 nitrogen and oxygen atoms in total. The molecule has 0 atom stereocenters. The van der Waals surface area contributed by atoms with Gasteiger partial charge in [-0.25, -0.2) is 4.79 Å². The third-order valence-electron chi connectivity index (χ3n) is 2.22. The van der Waals surface area contributed by atoms with Gasteiger partial charge < -0.3 is 4.74 Å². The van der Waals surface area contributed by atoms with Crippen molar-refractivity contribution in [3.05, 3.63) is 5.69 Å². The molecule has 0 fully saturated rings. The number of ether oxygens (including phenoxy) is 1. The van der Waals surface area contributed by atoms with Gasteiger partial charge >= 0.3 is 5.97 Å². The Morgan fingerprint density at radius 2 is 2.12 bits per heavy atom. The smallest absolute Gasteiger partial charge is 0.361 e. The van der Waals surface area contributed by atoms with Gasteiger partial charge in [-0.1, -0.05) is 26.2 Å². The summed E-state index contributed by atoms with van der Waals surface area (Å²) < 4.78 is 4.90. The summed E-state index contributed by atoms with van der Waals surface area (Å²) in [6, 6.07) is 0. The van der Waals surface area contributed by atoms with Crippen LogP contribution in [0.1, 0.15) is 50.0 Å². The average molecular weight is 257 g/mol. The number of unbranched alkanes of at least 4 members (excludes halogenated alkanes) is 3. The van der Waals surface area contributed by atoms with Crippen molar-refractivity contribution in [3.63, 3.8) is 0 Å². The van der Waals surface area contributed by atoms with Crippen molar-refractivity contribution in [3.8, 4) is 0 Å². The molecule has 6 heteroatoms. The number of aromatic nitrogens is 3. The second kappa shape index (κ2) is 8.11. The third kappa shape index (κ3) is 4.77. The number of hydrogen-bond acceptors (Lipinski definition) is 5. The summed E-state index contributed by atoms with van der Waals surface area (Å²) in [5, 5.41) is 10.9. The van der Waals surface area contributed by atoms with Gasteiger partial charge in [-0.2, -0.15) is 5.21 Å². The lowest BCUT2D eigenvalue weighted by atomic mass is 10.2. The lowest BCUT2D eigenvalue weighted by Crippen LogP contribution is -2.06. The van der Waals surface area contributed by atoms with Gasteiger partial charge in [0.1, 0.15) is 0 Å². The molecule has 0 aliphatic rings. The number of nitrogens with one attached hydrogen (secondary N) is 1. The van der Waals surface area contributed by atoms with Crippen LogP contribution >= 0.6 is 11.8 Å². The van der Waals surface area contributed by atoms with Crippen molar-refractivity contribution in [2.75, 3.05) is 12.4 Å². The van der Waals surface area contributed by atoms with Crippen molar-refractivity contribution < 1.29 is 9.53 Å². The second-order valence-electron chi connectivity index (χ2n) is 3.61. The second-order valence-corrected chi connectivity index (χ2v) is 4.69. The molecule has 0 bridgehead atoms. The van der Waals surface area contributed by atoms with E-state index in [1.165, 1.54) is 19.3 Å². The number of rotatable bonds is 8. The first-order valence-electron chi connectivity index (χ1n) is 6.00. The fourth-order valence-electron chi connectivity index (χ4n) is 1.35. The molecule has 1 aromatic heterocycles. The molecule has 96 valence electrons. The van der Waals surface area contributed by atoms with Crippen LogP contribution < -0.4 is 0 Å². The van der Waals surface area contributed by atoms with Gasteiger partial charge in [0.25, 0.3) is 0 Å². The maximum absolute atomic E-state index is 11.5. The summed E-state index contributed by atoms with van der Waals surface area (Å²) in [6.45, 7) is 4.31. The number of aromatic amines is 1. The fraction of sp³-hybridized carbons (Fsp3) is 0.727. The molecular weight excluding hydrogens is 238 g/mol. The van der Waals surface area contributed by atoms with Gasteiger partial charge in [0.2, 0.25) is 5.69 Å². The SMILES string of the molecule is CCCCCCSc1n[nH]nc1C(=O)OCC. The molecule has 1 N–H and O–H groups in total. The first-order valence-corrected chi connectivity index (χ1v) is 6.98. The molecule has 0 saturated carbocycles. The van der Waals surface area contributed by atoms with Gasteiger partial charge in [0.15, 0.2) is 5.03 Å². The minimum Gasteiger partial charge on any atom is -0.461 e. The first kappa shape index (κ1) is 14.0. The van der Waals surface area contributed by atoms with Crippen LogP contribution in [0.3, 0.4) is 0 Å². The molecule has 0 radical (unpaired) electrons. The normalized spacial score (nSPS) is 10.5. The van der Waals surface area contributed by atoms with E-state index < -0.39 is 5.97 Å². The molecule has 0 spiro atoms. The molecular formula is C11H19N3O2S. The molecule has 1 rings (SSSR count). The predicted octanol–water partition coefficient (Wildman–Crippen LogP) is 2.65. The maximum Gasteiger partial charge on any atom is 0.361 e. The van der Waals surface area contributed by atoms with E-state index >= 15 is 0 Å². The highest BCUT2D eigenvalue weighted by Gasteiger charge is 2.17. The monoisotopic (exact) mass is 257 g/mol. The number of H-pyrrole nitrogens is 1. The number of thioether (sulfide) groups is 1. The van der Waals surface area contributed by atoms with Crippen LogP contribution in [0.2, 0.25) is 0 Å². The number of carbonyl (C=O) groups excluding carboxylic acids is 1. The van der Waals surface area contributed by atoms with E-state index in [-0.39, 0.29) is 0 Å². The topological polar surface area (TPSA) is 67.9 Å². The van der Waals surface area contributed by atoms with Gasteiger partial charge in [0, 0.05) is 0 Å². The van der Waals surface area contributed by atoms with Gasteiger partial charge in [-0.15, -0.1) is 22.0 Å². The summed E-state index contributed by atoms with van der Waals surface area (Å²) in [5.74, 6) is 0.552. The van der Waals surface area contributed by atoms with Crippen molar-refractivity contribution in [2.45, 2.75) is 44.6 Å². The van der Waals surface area contributed by atoms with Crippen LogP contribution in [0.4, 0.5) is 0 Å². The van der Waals surface area contributed by atoms with Crippen LogP contribution in [0.25, 0.3) is 0 Å². The third-order valence-corrected chi connectivity index (χ3v) is 3.27. The largest absolute Gasteiger partial charge is 0.461 e. The Bertz CT molecular complexity index is 341. The van der Waals surface area contributed by atoms with Crippen molar-refractivity contribution in [1.82, 2.24) is 15.4 Å². The Morgan fingerprint density at radius 1 is 1.29 bits per heavy atom. The van der Waals surface area contributed by atoms with Gasteiger partial charge in [-0.3, -0.25) is 0 Å². The highest BCUT2D eigenvalue weighted by atomic mass is 32.2. The zero-order chi connectivity index (χ0) is 12.5. The van der Waals surface area contributed by atoms with E-state index in [2.05, 4.69) is 22.3 Å². The Kier molecular flexibility index (Phi) is 6.69. The molecule has 17 heavy (non-hydrogen) atoms. The summed E-state index contributed by atoms with van der Waals surface area (Å²) in [4.78, 5) is 11.5. The molecule has 0 aliphatic heterocycles. The lowest BCUT2D eigenvalue weighted by Gasteiger charge is -2.00. The van der Waals surface area contributed by atoms with E-state index in [1.807, 2.05) is 0 Å². The number of hydrogen-bond donors (Lipinski definition) is 1. The van der Waals surface area contributed by atoms with Crippen molar-refractivity contribution in [1.29, 1.82) is 0 Å². The predicted molar refractivity (Wildman–Crippen MR) is 67.2 cm³/mol. The summed E-state index contributed by atoms with van der Waals surface area (Å²) in [5.41, 5.74) is 0.298. The summed E-state index contributed by atoms with van der Waals surface area (Å²) in [7, 11) is 0. The maximum atomic E-state index is 11.5. The van der Waals surface area contributed by atoms with E-state index in [9.17, 15) is 4.79 Å². The van der Waals surface area contributed by atoms with Crippen LogP contribution in [0, 0.1) is 0 Å². The van der Waals surface area contributed by atoms with E-state index in [0.29, 0.717) is 17.3 Å². The lowest BCUT2D eigenvalue weighted by molar-refractivity contribution is 0.0515. The number of esters is 1. The minimum atomic E-state index is -0.405. The standard InChI is InChI=1S/C11H19N3O2S/c1-3-5-6-7-8-17-10-9(12-14-13-10)11(15)16-4-2/h3-8H2,1-2H3,(H,12,13,14). The van der Waals surface area contributed by atoms with Gasteiger partial charge in [0.05, 0.1) is 6.61 Å². The van der Waals surface area contributed by atoms with Crippen LogP contribution in [0.15, 0.2) is 5.03 Å². The summed E-state index contributed by atoms with van der Waals surface area (Å²) in [6.07, 6.45) is 4.83. The molecule has 0 aliphatic carbocycles. The Labute approximate surface area is 106 Å². The number of carbonyl (C=O) groups is 1. The van der Waals surface area contributed by atoms with Crippen LogP contribution in [-0.2, 0) is 4.74 Å². The highest BCUT2D eigenvalue weighted by molar-refractivity contribution is 7.99. The van der Waals surface area contributed by atoms with E-state index in [4.69, 9.17) is 4.74 Å². The zero-order valence-electron chi connectivity index (χ0n) is 10.4. The Hall–Kier alpha value is -1.04. The zero-order valence-corrected chi connectivity index (χ0v) is 11.2. The Balaban J connectivity index is 2.38. The summed E-state index contributed by atoms with van der Waals surface area (Å²) >= 11 is 1.55. The van der Waals surface area contributed by atoms with Crippen LogP contribution in [-0.4, -0.2) is 33.7 Å². The molecule has 0 aromatic carbocycles. The molecule has 1 heterocycles. The van der Waals surface area contributed by atoms with E-state index in [0.717, 1.165) is 12.2 Å². The first-order chi connectivity index (χ1) is 8.29. The molecule has 0 amide bonds. The van der Waals surface area contributed by atoms with E-state index in [1.54, 1.807) is 18.7 Å². The van der Waals surface area contributed by atoms with Crippen LogP contribution in [0.5, 0.6) is 0 Å². The molecule has 0 unspecified atom stereocenters.